The Balaban J connectivity index is 2.23. The van der Waals surface area contributed by atoms with Gasteiger partial charge in [-0.15, -0.1) is 16.9 Å². The molecule has 1 aromatic rings. The molecule has 0 aliphatic carbocycles. The van der Waals surface area contributed by atoms with Gasteiger partial charge >= 0.3 is 5.97 Å². The zero-order valence-corrected chi connectivity index (χ0v) is 11.5. The monoisotopic (exact) mass is 287 g/mol. The topological polar surface area (TPSA) is 83.4 Å². The van der Waals surface area contributed by atoms with Crippen LogP contribution in [-0.4, -0.2) is 50.3 Å². The van der Waals surface area contributed by atoms with Gasteiger partial charge in [0.05, 0.1) is 0 Å². The SMILES string of the molecule is CSc1snnc1C(=O)N1CCCC[C@@H]1C(=O)O. The van der Waals surface area contributed by atoms with Gasteiger partial charge in [0.15, 0.2) is 5.69 Å². The summed E-state index contributed by atoms with van der Waals surface area (Å²) in [5, 5.41) is 13.0. The third-order valence-electron chi connectivity index (χ3n) is 2.89. The molecule has 2 heterocycles. The van der Waals surface area contributed by atoms with Gasteiger partial charge in [-0.2, -0.15) is 0 Å². The van der Waals surface area contributed by atoms with Crippen LogP contribution in [0.2, 0.25) is 0 Å². The van der Waals surface area contributed by atoms with Crippen molar-refractivity contribution in [2.75, 3.05) is 12.8 Å². The van der Waals surface area contributed by atoms with Crippen molar-refractivity contribution in [2.24, 2.45) is 0 Å². The molecule has 1 atom stereocenters. The molecule has 1 aromatic heterocycles. The quantitative estimate of drug-likeness (QED) is 0.845. The van der Waals surface area contributed by atoms with Crippen molar-refractivity contribution in [2.45, 2.75) is 29.5 Å². The number of hydrogen-bond acceptors (Lipinski definition) is 6. The number of nitrogens with zero attached hydrogens (tertiary/aromatic N) is 3. The van der Waals surface area contributed by atoms with E-state index >= 15 is 0 Å². The second kappa shape index (κ2) is 5.66. The summed E-state index contributed by atoms with van der Waals surface area (Å²) >= 11 is 2.56. The molecule has 0 spiro atoms. The summed E-state index contributed by atoms with van der Waals surface area (Å²) in [5.74, 6) is -1.27. The van der Waals surface area contributed by atoms with Crippen LogP contribution in [0, 0.1) is 0 Å². The number of aromatic nitrogens is 2. The first kappa shape index (κ1) is 13.3. The lowest BCUT2D eigenvalue weighted by Crippen LogP contribution is -2.48. The Bertz CT molecular complexity index is 463. The summed E-state index contributed by atoms with van der Waals surface area (Å²) in [6, 6.07) is -0.734. The van der Waals surface area contributed by atoms with E-state index < -0.39 is 12.0 Å². The van der Waals surface area contributed by atoms with Gasteiger partial charge in [-0.25, -0.2) is 4.79 Å². The molecule has 1 saturated heterocycles. The second-order valence-electron chi connectivity index (χ2n) is 3.96. The maximum absolute atomic E-state index is 12.3. The van der Waals surface area contributed by atoms with Crippen LogP contribution in [-0.2, 0) is 4.79 Å². The first-order valence-electron chi connectivity index (χ1n) is 5.55. The molecule has 6 nitrogen and oxygen atoms in total. The van der Waals surface area contributed by atoms with E-state index in [0.29, 0.717) is 13.0 Å². The summed E-state index contributed by atoms with van der Waals surface area (Å²) in [6.07, 6.45) is 4.03. The van der Waals surface area contributed by atoms with Gasteiger partial charge in [-0.1, -0.05) is 4.49 Å². The highest BCUT2D eigenvalue weighted by Gasteiger charge is 2.34. The highest BCUT2D eigenvalue weighted by molar-refractivity contribution is 8.00. The molecule has 1 aliphatic heterocycles. The average Bonchev–Trinajstić information content (AvgIpc) is 2.86. The number of hydrogen-bond donors (Lipinski definition) is 1. The summed E-state index contributed by atoms with van der Waals surface area (Å²) < 4.78 is 4.49. The molecule has 18 heavy (non-hydrogen) atoms. The van der Waals surface area contributed by atoms with Crippen LogP contribution in [0.1, 0.15) is 29.8 Å². The lowest BCUT2D eigenvalue weighted by atomic mass is 10.0. The van der Waals surface area contributed by atoms with Crippen molar-refractivity contribution in [3.63, 3.8) is 0 Å². The average molecular weight is 287 g/mol. The van der Waals surface area contributed by atoms with E-state index in [1.165, 1.54) is 16.7 Å². The molecule has 0 aromatic carbocycles. The Morgan fingerprint density at radius 3 is 2.94 bits per heavy atom. The molecule has 1 amide bonds. The van der Waals surface area contributed by atoms with Crippen molar-refractivity contribution >= 4 is 35.2 Å². The minimum atomic E-state index is -0.947. The molecule has 0 unspecified atom stereocenters. The summed E-state index contributed by atoms with van der Waals surface area (Å²) in [4.78, 5) is 24.9. The van der Waals surface area contributed by atoms with Crippen LogP contribution in [0.15, 0.2) is 4.21 Å². The Kier molecular flexibility index (Phi) is 4.18. The third-order valence-corrected chi connectivity index (χ3v) is 4.70. The van der Waals surface area contributed by atoms with Crippen molar-refractivity contribution in [3.05, 3.63) is 5.69 Å². The van der Waals surface area contributed by atoms with Gasteiger partial charge < -0.3 is 10.0 Å². The lowest BCUT2D eigenvalue weighted by Gasteiger charge is -2.32. The van der Waals surface area contributed by atoms with Crippen LogP contribution < -0.4 is 0 Å². The van der Waals surface area contributed by atoms with Gasteiger partial charge in [0, 0.05) is 6.54 Å². The highest BCUT2D eigenvalue weighted by atomic mass is 32.2. The number of rotatable bonds is 3. The highest BCUT2D eigenvalue weighted by Crippen LogP contribution is 2.26. The Hall–Kier alpha value is -1.15. The Morgan fingerprint density at radius 1 is 1.50 bits per heavy atom. The van der Waals surface area contributed by atoms with E-state index in [1.807, 2.05) is 6.26 Å². The largest absolute Gasteiger partial charge is 0.480 e. The molecule has 8 heteroatoms. The van der Waals surface area contributed by atoms with E-state index in [4.69, 9.17) is 5.11 Å². The van der Waals surface area contributed by atoms with Crippen LogP contribution in [0.25, 0.3) is 0 Å². The van der Waals surface area contributed by atoms with Crippen molar-refractivity contribution in [3.8, 4) is 0 Å². The van der Waals surface area contributed by atoms with E-state index in [-0.39, 0.29) is 11.6 Å². The third kappa shape index (κ3) is 2.49. The first-order valence-corrected chi connectivity index (χ1v) is 7.55. The molecule has 0 saturated carbocycles. The second-order valence-corrected chi connectivity index (χ2v) is 5.79. The van der Waals surface area contributed by atoms with E-state index in [2.05, 4.69) is 9.59 Å². The van der Waals surface area contributed by atoms with Crippen LogP contribution in [0.3, 0.4) is 0 Å². The van der Waals surface area contributed by atoms with E-state index in [0.717, 1.165) is 28.6 Å². The summed E-state index contributed by atoms with van der Waals surface area (Å²) in [5.41, 5.74) is 0.278. The van der Waals surface area contributed by atoms with Gasteiger partial charge in [-0.3, -0.25) is 4.79 Å². The summed E-state index contributed by atoms with van der Waals surface area (Å²) in [7, 11) is 0. The lowest BCUT2D eigenvalue weighted by molar-refractivity contribution is -0.143. The molecule has 1 aliphatic rings. The number of amides is 1. The summed E-state index contributed by atoms with van der Waals surface area (Å²) in [6.45, 7) is 0.473. The molecule has 2 rings (SSSR count). The minimum absolute atomic E-state index is 0.278. The van der Waals surface area contributed by atoms with Crippen molar-refractivity contribution in [1.82, 2.24) is 14.5 Å². The molecule has 98 valence electrons. The van der Waals surface area contributed by atoms with Gasteiger partial charge in [0.2, 0.25) is 0 Å². The minimum Gasteiger partial charge on any atom is -0.480 e. The number of thioether (sulfide) groups is 1. The van der Waals surface area contributed by atoms with E-state index in [1.54, 1.807) is 0 Å². The molecule has 0 bridgehead atoms. The first-order chi connectivity index (χ1) is 8.65. The number of carbonyl (C=O) groups excluding carboxylic acids is 1. The number of aliphatic carboxylic acids is 1. The fraction of sp³-hybridized carbons (Fsp3) is 0.600. The Morgan fingerprint density at radius 2 is 2.28 bits per heavy atom. The number of piperidine rings is 1. The van der Waals surface area contributed by atoms with Gasteiger partial charge in [-0.05, 0) is 37.1 Å². The number of likely N-dealkylation sites (tertiary alicyclic amines) is 1. The normalized spacial score (nSPS) is 19.8. The van der Waals surface area contributed by atoms with Crippen LogP contribution >= 0.6 is 23.3 Å². The smallest absolute Gasteiger partial charge is 0.326 e. The van der Waals surface area contributed by atoms with Gasteiger partial charge in [0.1, 0.15) is 10.3 Å². The van der Waals surface area contributed by atoms with Crippen molar-refractivity contribution in [1.29, 1.82) is 0 Å². The molecule has 1 N–H and O–H groups in total. The predicted octanol–water partition coefficient (Wildman–Crippen LogP) is 1.34. The fourth-order valence-corrected chi connectivity index (χ4v) is 3.14. The zero-order chi connectivity index (χ0) is 13.1. The fourth-order valence-electron chi connectivity index (χ4n) is 2.01. The maximum Gasteiger partial charge on any atom is 0.326 e. The van der Waals surface area contributed by atoms with Crippen LogP contribution in [0.4, 0.5) is 0 Å². The number of carboxylic acid groups (broad SMARTS) is 1. The predicted molar refractivity (Wildman–Crippen MR) is 68.0 cm³/mol. The standard InChI is InChI=1S/C10H13N3O3S2/c1-17-10-7(11-12-18-10)8(14)13-5-3-2-4-6(13)9(15)16/h6H,2-5H2,1H3,(H,15,16)/t6-/m1/s1. The van der Waals surface area contributed by atoms with Gasteiger partial charge in [0.25, 0.3) is 5.91 Å². The van der Waals surface area contributed by atoms with Crippen LogP contribution in [0.5, 0.6) is 0 Å². The number of carbonyl (C=O) groups is 2. The number of carboxylic acids is 1. The molecular formula is C10H13N3O3S2. The van der Waals surface area contributed by atoms with Crippen molar-refractivity contribution < 1.29 is 14.7 Å². The maximum atomic E-state index is 12.3. The Labute approximate surface area is 113 Å². The molecule has 1 fully saturated rings. The molecule has 0 radical (unpaired) electrons. The van der Waals surface area contributed by atoms with E-state index in [9.17, 15) is 9.59 Å². The zero-order valence-electron chi connectivity index (χ0n) is 9.83. The molecular weight excluding hydrogens is 274 g/mol.